The van der Waals surface area contributed by atoms with Crippen LogP contribution in [0, 0.1) is 11.6 Å². The fraction of sp³-hybridized carbons (Fsp3) is 0.231. The summed E-state index contributed by atoms with van der Waals surface area (Å²) in [4.78, 5) is 18.8. The van der Waals surface area contributed by atoms with Crippen molar-refractivity contribution in [3.05, 3.63) is 77.1 Å². The summed E-state index contributed by atoms with van der Waals surface area (Å²) in [5, 5.41) is 10.6. The maximum Gasteiger partial charge on any atom is 0.254 e. The second-order valence-electron chi connectivity index (χ2n) is 9.36. The van der Waals surface area contributed by atoms with Gasteiger partial charge in [-0.2, -0.15) is 0 Å². The van der Waals surface area contributed by atoms with Gasteiger partial charge in [-0.25, -0.2) is 13.8 Å². The number of halogens is 2. The number of carbonyl (C=O) groups excluding carboxylic acids is 1. The number of imidazole rings is 1. The van der Waals surface area contributed by atoms with Gasteiger partial charge in [-0.05, 0) is 55.3 Å². The van der Waals surface area contributed by atoms with Crippen LogP contribution in [0.1, 0.15) is 44.4 Å². The van der Waals surface area contributed by atoms with E-state index < -0.39 is 43.7 Å². The number of carbonyl (C=O) groups is 1. The van der Waals surface area contributed by atoms with E-state index in [0.29, 0.717) is 28.0 Å². The minimum Gasteiger partial charge on any atom is -0.508 e. The van der Waals surface area contributed by atoms with Crippen LogP contribution in [0.3, 0.4) is 0 Å². The number of hydrogen-bond acceptors (Lipinski definition) is 4. The fourth-order valence-corrected chi connectivity index (χ4v) is 6.27. The van der Waals surface area contributed by atoms with Crippen molar-refractivity contribution in [3.8, 4) is 16.9 Å². The number of rotatable bonds is 2. The molecule has 2 aliphatic rings. The van der Waals surface area contributed by atoms with E-state index >= 15 is 4.39 Å². The van der Waals surface area contributed by atoms with Crippen LogP contribution in [0.5, 0.6) is 5.75 Å². The molecule has 2 bridgehead atoms. The first-order chi connectivity index (χ1) is 17.8. The zero-order valence-electron chi connectivity index (χ0n) is 21.8. The van der Waals surface area contributed by atoms with Gasteiger partial charge in [-0.15, -0.1) is 0 Å². The molecule has 0 unspecified atom stereocenters. The van der Waals surface area contributed by atoms with Gasteiger partial charge in [-0.3, -0.25) is 4.79 Å². The minimum atomic E-state index is -3.04. The maximum atomic E-state index is 15.1. The molecule has 178 valence electrons. The molecule has 3 heterocycles. The first kappa shape index (κ1) is 18.8. The van der Waals surface area contributed by atoms with Crippen molar-refractivity contribution in [3.63, 3.8) is 0 Å². The van der Waals surface area contributed by atoms with E-state index in [0.717, 1.165) is 17.0 Å². The molecule has 1 aromatic heterocycles. The van der Waals surface area contributed by atoms with Crippen molar-refractivity contribution in [2.24, 2.45) is 0 Å². The predicted molar refractivity (Wildman–Crippen MR) is 130 cm³/mol. The minimum absolute atomic E-state index is 0.0297. The molecule has 4 aromatic rings. The average molecular weight is 496 g/mol. The van der Waals surface area contributed by atoms with Gasteiger partial charge in [-0.1, -0.05) is 12.1 Å². The van der Waals surface area contributed by atoms with Crippen LogP contribution >= 0.6 is 7.14 Å². The molecule has 35 heavy (non-hydrogen) atoms. The molecule has 0 saturated carbocycles. The summed E-state index contributed by atoms with van der Waals surface area (Å²) in [7, 11) is -3.04. The van der Waals surface area contributed by atoms with Crippen molar-refractivity contribution in [2.75, 3.05) is 20.3 Å². The summed E-state index contributed by atoms with van der Waals surface area (Å²) in [6.07, 6.45) is 0.178. The Hall–Kier alpha value is -3.51. The number of nitrogens with zero attached hydrogens (tertiary/aromatic N) is 3. The lowest BCUT2D eigenvalue weighted by Crippen LogP contribution is -2.30. The Morgan fingerprint density at radius 2 is 1.89 bits per heavy atom. The maximum absolute atomic E-state index is 15.1. The number of benzene rings is 3. The molecule has 3 aromatic carbocycles. The molecule has 9 heteroatoms. The Balaban J connectivity index is 1.59. The SMILES string of the molecule is [2H]C([2H])([2H])N1C(=O)c2cccc(O)c2[C@H]2C[C@@H]1c1nc3ccc(-c4cc(F)c(P(C)(C)=O)cc4F)cc3n12. The third kappa shape index (κ3) is 3.09. The Morgan fingerprint density at radius 3 is 2.63 bits per heavy atom. The smallest absolute Gasteiger partial charge is 0.254 e. The van der Waals surface area contributed by atoms with E-state index in [1.54, 1.807) is 22.8 Å². The number of fused-ring (bicyclic) bond motifs is 9. The van der Waals surface area contributed by atoms with Crippen LogP contribution in [0.15, 0.2) is 48.5 Å². The van der Waals surface area contributed by atoms with Gasteiger partial charge in [0.25, 0.3) is 5.91 Å². The van der Waals surface area contributed by atoms with Crippen LogP contribution in [-0.4, -0.2) is 45.8 Å². The van der Waals surface area contributed by atoms with Crippen LogP contribution in [-0.2, 0) is 4.57 Å². The molecule has 6 rings (SSSR count). The molecule has 0 fully saturated rings. The predicted octanol–water partition coefficient (Wildman–Crippen LogP) is 5.05. The molecule has 2 atom stereocenters. The highest BCUT2D eigenvalue weighted by Crippen LogP contribution is 2.49. The molecular formula is C26H22F2N3O3P. The second kappa shape index (κ2) is 7.25. The highest BCUT2D eigenvalue weighted by atomic mass is 31.2. The summed E-state index contributed by atoms with van der Waals surface area (Å²) in [5.41, 5.74) is 1.67. The Morgan fingerprint density at radius 1 is 1.09 bits per heavy atom. The molecule has 6 nitrogen and oxygen atoms in total. The van der Waals surface area contributed by atoms with Gasteiger partial charge in [0.15, 0.2) is 0 Å². The molecule has 0 aliphatic carbocycles. The molecule has 0 radical (unpaired) electrons. The molecule has 0 saturated heterocycles. The summed E-state index contributed by atoms with van der Waals surface area (Å²) in [5.74, 6) is -2.04. The quantitative estimate of drug-likeness (QED) is 0.394. The second-order valence-corrected chi connectivity index (χ2v) is 12.5. The number of phenols is 1. The van der Waals surface area contributed by atoms with Gasteiger partial charge in [0, 0.05) is 39.5 Å². The number of aromatic hydroxyl groups is 1. The Labute approximate surface area is 204 Å². The summed E-state index contributed by atoms with van der Waals surface area (Å²) in [6, 6.07) is 9.70. The van der Waals surface area contributed by atoms with Gasteiger partial charge in [0.1, 0.15) is 30.4 Å². The Kier molecular flexibility index (Phi) is 3.89. The van der Waals surface area contributed by atoms with Gasteiger partial charge < -0.3 is 19.1 Å². The van der Waals surface area contributed by atoms with Crippen LogP contribution < -0.4 is 5.30 Å². The lowest BCUT2D eigenvalue weighted by atomic mass is 9.97. The van der Waals surface area contributed by atoms with Crippen molar-refractivity contribution < 1.29 is 27.4 Å². The van der Waals surface area contributed by atoms with Crippen molar-refractivity contribution in [2.45, 2.75) is 18.5 Å². The zero-order chi connectivity index (χ0) is 27.3. The van der Waals surface area contributed by atoms with Gasteiger partial charge >= 0.3 is 0 Å². The summed E-state index contributed by atoms with van der Waals surface area (Å²) < 4.78 is 68.3. The van der Waals surface area contributed by atoms with Gasteiger partial charge in [0.2, 0.25) is 0 Å². The number of amides is 1. The largest absolute Gasteiger partial charge is 0.508 e. The lowest BCUT2D eigenvalue weighted by molar-refractivity contribution is 0.0734. The van der Waals surface area contributed by atoms with E-state index in [4.69, 9.17) is 4.11 Å². The third-order valence-corrected chi connectivity index (χ3v) is 8.38. The molecule has 1 amide bonds. The lowest BCUT2D eigenvalue weighted by Gasteiger charge is -2.24. The molecule has 0 spiro atoms. The van der Waals surface area contributed by atoms with E-state index in [1.807, 2.05) is 0 Å². The first-order valence-corrected chi connectivity index (χ1v) is 13.6. The van der Waals surface area contributed by atoms with Crippen molar-refractivity contribution >= 4 is 29.4 Å². The van der Waals surface area contributed by atoms with Crippen molar-refractivity contribution in [1.29, 1.82) is 0 Å². The van der Waals surface area contributed by atoms with Crippen LogP contribution in [0.2, 0.25) is 0 Å². The highest BCUT2D eigenvalue weighted by molar-refractivity contribution is 7.70. The Bertz CT molecular complexity index is 1730. The topological polar surface area (TPSA) is 75.4 Å². The van der Waals surface area contributed by atoms with Crippen molar-refractivity contribution in [1.82, 2.24) is 14.5 Å². The normalized spacial score (nSPS) is 20.7. The number of hydrogen-bond donors (Lipinski definition) is 1. The molecular weight excluding hydrogens is 471 g/mol. The summed E-state index contributed by atoms with van der Waals surface area (Å²) >= 11 is 0. The molecule has 1 N–H and O–H groups in total. The highest BCUT2D eigenvalue weighted by Gasteiger charge is 2.44. The standard InChI is InChI=1S/C26H22F2N3O3P/c1-30-21-12-20(24-14(26(30)33)5-4-6-22(24)32)31-19-9-13(7-8-18(19)29-25(21)31)15-10-17(28)23(11-16(15)27)35(2,3)34/h4-11,20-21,32H,12H2,1-3H3/t20-,21-/m1/s1/i1D3. The van der Waals surface area contributed by atoms with Crippen LogP contribution in [0.25, 0.3) is 22.2 Å². The fourth-order valence-electron chi connectivity index (χ4n) is 5.26. The first-order valence-electron chi connectivity index (χ1n) is 12.5. The zero-order valence-corrected chi connectivity index (χ0v) is 19.7. The third-order valence-electron chi connectivity index (χ3n) is 6.88. The van der Waals surface area contributed by atoms with E-state index in [2.05, 4.69) is 4.98 Å². The monoisotopic (exact) mass is 496 g/mol. The van der Waals surface area contributed by atoms with Crippen LogP contribution in [0.4, 0.5) is 8.78 Å². The van der Waals surface area contributed by atoms with E-state index in [-0.39, 0.29) is 28.6 Å². The number of aromatic nitrogens is 2. The number of phenolic OH excluding ortho intramolecular Hbond substituents is 1. The van der Waals surface area contributed by atoms with E-state index in [1.165, 1.54) is 31.5 Å². The van der Waals surface area contributed by atoms with E-state index in [9.17, 15) is 18.9 Å². The average Bonchev–Trinajstić information content (AvgIpc) is 3.31. The van der Waals surface area contributed by atoms with Gasteiger partial charge in [0.05, 0.1) is 23.1 Å². The summed E-state index contributed by atoms with van der Waals surface area (Å²) in [6.45, 7) is -0.0289. The molecule has 2 aliphatic heterocycles.